The van der Waals surface area contributed by atoms with Crippen molar-refractivity contribution in [1.29, 1.82) is 0 Å². The van der Waals surface area contributed by atoms with Gasteiger partial charge in [-0.3, -0.25) is 0 Å². The molecule has 0 aliphatic heterocycles. The lowest BCUT2D eigenvalue weighted by Gasteiger charge is -2.06. The van der Waals surface area contributed by atoms with Gasteiger partial charge >= 0.3 is 0 Å². The number of halogens is 1. The van der Waals surface area contributed by atoms with E-state index in [1.165, 1.54) is 7.11 Å². The standard InChI is InChI=1S/C8H9BrO2/c1-5-3-4-6(9)8(11-2)7(5)10/h3-4,10H,1-2H3. The van der Waals surface area contributed by atoms with Crippen molar-refractivity contribution in [2.75, 3.05) is 7.11 Å². The monoisotopic (exact) mass is 216 g/mol. The summed E-state index contributed by atoms with van der Waals surface area (Å²) in [5, 5.41) is 9.42. The molecule has 0 saturated heterocycles. The lowest BCUT2D eigenvalue weighted by Crippen LogP contribution is -1.86. The van der Waals surface area contributed by atoms with Gasteiger partial charge in [-0.2, -0.15) is 0 Å². The largest absolute Gasteiger partial charge is 0.504 e. The molecule has 0 atom stereocenters. The van der Waals surface area contributed by atoms with Crippen LogP contribution in [0, 0.1) is 6.92 Å². The molecule has 2 nitrogen and oxygen atoms in total. The third-order valence-electron chi connectivity index (χ3n) is 1.49. The van der Waals surface area contributed by atoms with E-state index >= 15 is 0 Å². The van der Waals surface area contributed by atoms with Crippen LogP contribution in [0.2, 0.25) is 0 Å². The van der Waals surface area contributed by atoms with Gasteiger partial charge in [0, 0.05) is 0 Å². The summed E-state index contributed by atoms with van der Waals surface area (Å²) < 4.78 is 5.73. The second kappa shape index (κ2) is 3.13. The molecule has 0 spiro atoms. The van der Waals surface area contributed by atoms with Gasteiger partial charge < -0.3 is 9.84 Å². The number of hydrogen-bond donors (Lipinski definition) is 1. The van der Waals surface area contributed by atoms with Gasteiger partial charge in [0.25, 0.3) is 0 Å². The predicted octanol–water partition coefficient (Wildman–Crippen LogP) is 2.47. The van der Waals surface area contributed by atoms with Crippen LogP contribution in [-0.4, -0.2) is 12.2 Å². The third-order valence-corrected chi connectivity index (χ3v) is 2.11. The SMILES string of the molecule is COc1c(Br)ccc(C)c1O. The van der Waals surface area contributed by atoms with Crippen molar-refractivity contribution in [1.82, 2.24) is 0 Å². The Hall–Kier alpha value is -0.700. The fraction of sp³-hybridized carbons (Fsp3) is 0.250. The molecule has 0 aliphatic rings. The highest BCUT2D eigenvalue weighted by Gasteiger charge is 2.07. The molecule has 0 saturated carbocycles. The molecule has 0 aromatic heterocycles. The molecule has 0 heterocycles. The number of aromatic hydroxyl groups is 1. The summed E-state index contributed by atoms with van der Waals surface area (Å²) in [6.07, 6.45) is 0. The van der Waals surface area contributed by atoms with E-state index in [2.05, 4.69) is 15.9 Å². The van der Waals surface area contributed by atoms with Crippen LogP contribution in [0.3, 0.4) is 0 Å². The molecule has 11 heavy (non-hydrogen) atoms. The second-order valence-electron chi connectivity index (χ2n) is 2.25. The summed E-state index contributed by atoms with van der Waals surface area (Å²) in [6.45, 7) is 1.82. The van der Waals surface area contributed by atoms with Gasteiger partial charge in [0.05, 0.1) is 11.6 Å². The van der Waals surface area contributed by atoms with Crippen LogP contribution in [0.15, 0.2) is 16.6 Å². The number of hydrogen-bond acceptors (Lipinski definition) is 2. The topological polar surface area (TPSA) is 29.5 Å². The van der Waals surface area contributed by atoms with Crippen molar-refractivity contribution in [3.05, 3.63) is 22.2 Å². The van der Waals surface area contributed by atoms with E-state index < -0.39 is 0 Å². The molecular weight excluding hydrogens is 208 g/mol. The minimum absolute atomic E-state index is 0.196. The number of phenolic OH excluding ortho intramolecular Hbond substituents is 1. The Morgan fingerprint density at radius 3 is 2.55 bits per heavy atom. The van der Waals surface area contributed by atoms with Crippen LogP contribution in [0.5, 0.6) is 11.5 Å². The summed E-state index contributed by atoms with van der Waals surface area (Å²) in [6, 6.07) is 3.66. The Morgan fingerprint density at radius 1 is 1.45 bits per heavy atom. The van der Waals surface area contributed by atoms with Crippen LogP contribution in [-0.2, 0) is 0 Å². The van der Waals surface area contributed by atoms with E-state index in [0.29, 0.717) is 5.75 Å². The zero-order valence-electron chi connectivity index (χ0n) is 6.39. The van der Waals surface area contributed by atoms with Gasteiger partial charge in [0.1, 0.15) is 0 Å². The number of rotatable bonds is 1. The number of phenols is 1. The molecule has 0 radical (unpaired) electrons. The van der Waals surface area contributed by atoms with E-state index in [0.717, 1.165) is 10.0 Å². The lowest BCUT2D eigenvalue weighted by molar-refractivity contribution is 0.369. The summed E-state index contributed by atoms with van der Waals surface area (Å²) in [5.74, 6) is 0.687. The molecule has 0 aliphatic carbocycles. The maximum absolute atomic E-state index is 9.42. The summed E-state index contributed by atoms with van der Waals surface area (Å²) in [5.41, 5.74) is 0.810. The van der Waals surface area contributed by atoms with Gasteiger partial charge in [-0.25, -0.2) is 0 Å². The van der Waals surface area contributed by atoms with Gasteiger partial charge in [-0.15, -0.1) is 0 Å². The Balaban J connectivity index is 3.29. The summed E-state index contributed by atoms with van der Waals surface area (Å²) >= 11 is 3.26. The van der Waals surface area contributed by atoms with E-state index in [-0.39, 0.29) is 5.75 Å². The fourth-order valence-electron chi connectivity index (χ4n) is 0.839. The van der Waals surface area contributed by atoms with Crippen LogP contribution in [0.1, 0.15) is 5.56 Å². The first-order valence-corrected chi connectivity index (χ1v) is 3.98. The van der Waals surface area contributed by atoms with Crippen molar-refractivity contribution < 1.29 is 9.84 Å². The van der Waals surface area contributed by atoms with E-state index in [4.69, 9.17) is 4.74 Å². The number of ether oxygens (including phenoxy) is 1. The Morgan fingerprint density at radius 2 is 2.09 bits per heavy atom. The van der Waals surface area contributed by atoms with Crippen molar-refractivity contribution in [3.8, 4) is 11.5 Å². The Labute approximate surface area is 73.9 Å². The highest BCUT2D eigenvalue weighted by atomic mass is 79.9. The third kappa shape index (κ3) is 1.48. The smallest absolute Gasteiger partial charge is 0.174 e. The number of aryl methyl sites for hydroxylation is 1. The lowest BCUT2D eigenvalue weighted by atomic mass is 10.2. The molecule has 60 valence electrons. The van der Waals surface area contributed by atoms with E-state index in [9.17, 15) is 5.11 Å². The molecular formula is C8H9BrO2. The number of benzene rings is 1. The van der Waals surface area contributed by atoms with Crippen molar-refractivity contribution in [2.24, 2.45) is 0 Å². The molecule has 0 fully saturated rings. The zero-order chi connectivity index (χ0) is 8.43. The molecule has 1 aromatic rings. The Bertz CT molecular complexity index is 271. The highest BCUT2D eigenvalue weighted by Crippen LogP contribution is 2.36. The van der Waals surface area contributed by atoms with E-state index in [1.54, 1.807) is 0 Å². The van der Waals surface area contributed by atoms with Gasteiger partial charge in [0.15, 0.2) is 11.5 Å². The molecule has 1 rings (SSSR count). The zero-order valence-corrected chi connectivity index (χ0v) is 7.97. The maximum atomic E-state index is 9.42. The average Bonchev–Trinajstić information content (AvgIpc) is 1.99. The van der Waals surface area contributed by atoms with E-state index in [1.807, 2.05) is 19.1 Å². The van der Waals surface area contributed by atoms with Crippen molar-refractivity contribution in [3.63, 3.8) is 0 Å². The van der Waals surface area contributed by atoms with Gasteiger partial charge in [-0.05, 0) is 34.5 Å². The average molecular weight is 217 g/mol. The normalized spacial score (nSPS) is 9.73. The fourth-order valence-corrected chi connectivity index (χ4v) is 1.32. The van der Waals surface area contributed by atoms with Crippen LogP contribution >= 0.6 is 15.9 Å². The Kier molecular flexibility index (Phi) is 2.39. The van der Waals surface area contributed by atoms with Crippen molar-refractivity contribution >= 4 is 15.9 Å². The van der Waals surface area contributed by atoms with Crippen molar-refractivity contribution in [2.45, 2.75) is 6.92 Å². The highest BCUT2D eigenvalue weighted by molar-refractivity contribution is 9.10. The first-order valence-electron chi connectivity index (χ1n) is 3.19. The molecule has 0 bridgehead atoms. The predicted molar refractivity (Wildman–Crippen MR) is 47.1 cm³/mol. The summed E-state index contributed by atoms with van der Waals surface area (Å²) in [4.78, 5) is 0. The van der Waals surface area contributed by atoms with Crippen LogP contribution in [0.4, 0.5) is 0 Å². The number of methoxy groups -OCH3 is 1. The minimum Gasteiger partial charge on any atom is -0.504 e. The maximum Gasteiger partial charge on any atom is 0.174 e. The first kappa shape index (κ1) is 8.40. The van der Waals surface area contributed by atoms with Gasteiger partial charge in [-0.1, -0.05) is 6.07 Å². The molecule has 1 N–H and O–H groups in total. The molecule has 0 amide bonds. The molecule has 0 unspecified atom stereocenters. The van der Waals surface area contributed by atoms with Crippen LogP contribution < -0.4 is 4.74 Å². The second-order valence-corrected chi connectivity index (χ2v) is 3.10. The minimum atomic E-state index is 0.196. The quantitative estimate of drug-likeness (QED) is 0.782. The van der Waals surface area contributed by atoms with Crippen LogP contribution in [0.25, 0.3) is 0 Å². The first-order chi connectivity index (χ1) is 5.16. The van der Waals surface area contributed by atoms with Gasteiger partial charge in [0.2, 0.25) is 0 Å². The molecule has 3 heteroatoms. The molecule has 1 aromatic carbocycles. The summed E-state index contributed by atoms with van der Waals surface area (Å²) in [7, 11) is 1.53.